The van der Waals surface area contributed by atoms with E-state index in [2.05, 4.69) is 28.6 Å². The van der Waals surface area contributed by atoms with E-state index < -0.39 is 0 Å². The summed E-state index contributed by atoms with van der Waals surface area (Å²) in [4.78, 5) is 6.71. The number of pyridine rings is 1. The van der Waals surface area contributed by atoms with Gasteiger partial charge in [0.05, 0.1) is 6.61 Å². The lowest BCUT2D eigenvalue weighted by molar-refractivity contribution is 0.281. The molecule has 88 valence electrons. The average molecular weight is 238 g/mol. The van der Waals surface area contributed by atoms with Crippen LogP contribution in [-0.4, -0.2) is 34.2 Å². The standard InChI is InChI=1S/C12H18N2OS/c1-2-11-8-14(5-6-16-11)12-7-10(9-15)3-4-13-12/h3-4,7,11,15H,2,5-6,8-9H2,1H3. The molecule has 1 fully saturated rings. The molecule has 2 heterocycles. The SMILES string of the molecule is CCC1CN(c2cc(CO)ccn2)CCS1. The van der Waals surface area contributed by atoms with E-state index in [1.165, 1.54) is 12.2 Å². The Bertz CT molecular complexity index is 346. The number of nitrogens with zero attached hydrogens (tertiary/aromatic N) is 2. The predicted octanol–water partition coefficient (Wildman–Crippen LogP) is 1.91. The number of hydrogen-bond acceptors (Lipinski definition) is 4. The third kappa shape index (κ3) is 2.68. The van der Waals surface area contributed by atoms with Crippen molar-refractivity contribution >= 4 is 17.6 Å². The van der Waals surface area contributed by atoms with Gasteiger partial charge in [-0.05, 0) is 24.1 Å². The first-order chi connectivity index (χ1) is 7.83. The quantitative estimate of drug-likeness (QED) is 0.872. The molecule has 1 aliphatic rings. The van der Waals surface area contributed by atoms with Crippen LogP contribution < -0.4 is 4.90 Å². The van der Waals surface area contributed by atoms with Crippen molar-refractivity contribution in [2.75, 3.05) is 23.7 Å². The summed E-state index contributed by atoms with van der Waals surface area (Å²) < 4.78 is 0. The Kier molecular flexibility index (Phi) is 4.07. The number of hydrogen-bond donors (Lipinski definition) is 1. The molecule has 1 saturated heterocycles. The smallest absolute Gasteiger partial charge is 0.128 e. The number of aliphatic hydroxyl groups excluding tert-OH is 1. The fourth-order valence-corrected chi connectivity index (χ4v) is 3.09. The summed E-state index contributed by atoms with van der Waals surface area (Å²) in [7, 11) is 0. The Balaban J connectivity index is 2.10. The molecule has 0 spiro atoms. The van der Waals surface area contributed by atoms with E-state index in [0.717, 1.165) is 24.5 Å². The number of aliphatic hydroxyl groups is 1. The molecular formula is C12H18N2OS. The van der Waals surface area contributed by atoms with Crippen LogP contribution in [0.5, 0.6) is 0 Å². The van der Waals surface area contributed by atoms with Crippen molar-refractivity contribution < 1.29 is 5.11 Å². The van der Waals surface area contributed by atoms with E-state index in [9.17, 15) is 0 Å². The van der Waals surface area contributed by atoms with E-state index in [1.807, 2.05) is 12.1 Å². The summed E-state index contributed by atoms with van der Waals surface area (Å²) in [6.07, 6.45) is 2.99. The molecule has 1 unspecified atom stereocenters. The zero-order valence-corrected chi connectivity index (χ0v) is 10.4. The second-order valence-corrected chi connectivity index (χ2v) is 5.44. The lowest BCUT2D eigenvalue weighted by atomic mass is 10.2. The Morgan fingerprint density at radius 1 is 1.62 bits per heavy atom. The van der Waals surface area contributed by atoms with Crippen LogP contribution in [0.2, 0.25) is 0 Å². The molecule has 1 aromatic rings. The number of aromatic nitrogens is 1. The van der Waals surface area contributed by atoms with E-state index in [-0.39, 0.29) is 6.61 Å². The minimum atomic E-state index is 0.0926. The van der Waals surface area contributed by atoms with Crippen molar-refractivity contribution in [2.45, 2.75) is 25.2 Å². The molecule has 1 atom stereocenters. The van der Waals surface area contributed by atoms with Gasteiger partial charge in [0.2, 0.25) is 0 Å². The molecule has 0 radical (unpaired) electrons. The fourth-order valence-electron chi connectivity index (χ4n) is 1.91. The van der Waals surface area contributed by atoms with Gasteiger partial charge in [-0.2, -0.15) is 11.8 Å². The first-order valence-corrected chi connectivity index (χ1v) is 6.80. The van der Waals surface area contributed by atoms with Crippen molar-refractivity contribution in [1.29, 1.82) is 0 Å². The van der Waals surface area contributed by atoms with Crippen LogP contribution in [0, 0.1) is 0 Å². The highest BCUT2D eigenvalue weighted by Crippen LogP contribution is 2.24. The minimum absolute atomic E-state index is 0.0926. The Hall–Kier alpha value is -0.740. The Morgan fingerprint density at radius 3 is 3.25 bits per heavy atom. The van der Waals surface area contributed by atoms with Gasteiger partial charge in [-0.1, -0.05) is 6.92 Å². The Labute approximate surface area is 101 Å². The topological polar surface area (TPSA) is 36.4 Å². The van der Waals surface area contributed by atoms with Gasteiger partial charge >= 0.3 is 0 Å². The zero-order valence-electron chi connectivity index (χ0n) is 9.59. The average Bonchev–Trinajstić information content (AvgIpc) is 2.39. The molecule has 1 aliphatic heterocycles. The molecule has 0 aliphatic carbocycles. The summed E-state index contributed by atoms with van der Waals surface area (Å²) in [5, 5.41) is 9.82. The molecule has 2 rings (SSSR count). The summed E-state index contributed by atoms with van der Waals surface area (Å²) in [5.41, 5.74) is 0.941. The van der Waals surface area contributed by atoms with Crippen molar-refractivity contribution in [2.24, 2.45) is 0 Å². The lowest BCUT2D eigenvalue weighted by Crippen LogP contribution is -2.38. The van der Waals surface area contributed by atoms with Crippen molar-refractivity contribution in [3.8, 4) is 0 Å². The van der Waals surface area contributed by atoms with E-state index in [1.54, 1.807) is 6.20 Å². The zero-order chi connectivity index (χ0) is 11.4. The second-order valence-electron chi connectivity index (χ2n) is 4.03. The van der Waals surface area contributed by atoms with Gasteiger partial charge in [0.1, 0.15) is 5.82 Å². The largest absolute Gasteiger partial charge is 0.392 e. The molecule has 0 aromatic carbocycles. The summed E-state index contributed by atoms with van der Waals surface area (Å²) >= 11 is 2.05. The van der Waals surface area contributed by atoms with Crippen LogP contribution in [0.15, 0.2) is 18.3 Å². The van der Waals surface area contributed by atoms with Crippen LogP contribution in [-0.2, 0) is 6.61 Å². The van der Waals surface area contributed by atoms with Gasteiger partial charge in [-0.3, -0.25) is 0 Å². The highest BCUT2D eigenvalue weighted by molar-refractivity contribution is 8.00. The molecule has 1 N–H and O–H groups in total. The van der Waals surface area contributed by atoms with Gasteiger partial charge in [0.25, 0.3) is 0 Å². The highest BCUT2D eigenvalue weighted by Gasteiger charge is 2.19. The molecule has 4 heteroatoms. The van der Waals surface area contributed by atoms with Crippen molar-refractivity contribution in [1.82, 2.24) is 4.98 Å². The van der Waals surface area contributed by atoms with Crippen LogP contribution in [0.3, 0.4) is 0 Å². The fraction of sp³-hybridized carbons (Fsp3) is 0.583. The van der Waals surface area contributed by atoms with E-state index in [0.29, 0.717) is 5.25 Å². The number of rotatable bonds is 3. The van der Waals surface area contributed by atoms with Crippen molar-refractivity contribution in [3.63, 3.8) is 0 Å². The summed E-state index contributed by atoms with van der Waals surface area (Å²) in [6, 6.07) is 3.85. The molecule has 1 aromatic heterocycles. The Morgan fingerprint density at radius 2 is 2.50 bits per heavy atom. The van der Waals surface area contributed by atoms with Crippen LogP contribution in [0.1, 0.15) is 18.9 Å². The molecule has 0 bridgehead atoms. The number of anilines is 1. The third-order valence-corrected chi connectivity index (χ3v) is 4.28. The van der Waals surface area contributed by atoms with Gasteiger partial charge in [0.15, 0.2) is 0 Å². The minimum Gasteiger partial charge on any atom is -0.392 e. The highest BCUT2D eigenvalue weighted by atomic mass is 32.2. The van der Waals surface area contributed by atoms with Gasteiger partial charge in [0, 0.05) is 30.3 Å². The van der Waals surface area contributed by atoms with Crippen LogP contribution >= 0.6 is 11.8 Å². The molecule has 3 nitrogen and oxygen atoms in total. The summed E-state index contributed by atoms with van der Waals surface area (Å²) in [6.45, 7) is 4.46. The van der Waals surface area contributed by atoms with E-state index in [4.69, 9.17) is 5.11 Å². The number of thioether (sulfide) groups is 1. The molecule has 0 saturated carbocycles. The normalized spacial score (nSPS) is 21.1. The van der Waals surface area contributed by atoms with Gasteiger partial charge in [-0.25, -0.2) is 4.98 Å². The van der Waals surface area contributed by atoms with Gasteiger partial charge < -0.3 is 10.0 Å². The van der Waals surface area contributed by atoms with Crippen molar-refractivity contribution in [3.05, 3.63) is 23.9 Å². The van der Waals surface area contributed by atoms with Gasteiger partial charge in [-0.15, -0.1) is 0 Å². The van der Waals surface area contributed by atoms with Crippen LogP contribution in [0.4, 0.5) is 5.82 Å². The second kappa shape index (κ2) is 5.55. The maximum Gasteiger partial charge on any atom is 0.128 e. The molecular weight excluding hydrogens is 220 g/mol. The maximum atomic E-state index is 9.11. The molecule has 16 heavy (non-hydrogen) atoms. The third-order valence-electron chi connectivity index (χ3n) is 2.91. The lowest BCUT2D eigenvalue weighted by Gasteiger charge is -2.32. The van der Waals surface area contributed by atoms with Crippen LogP contribution in [0.25, 0.3) is 0 Å². The monoisotopic (exact) mass is 238 g/mol. The first-order valence-electron chi connectivity index (χ1n) is 5.75. The van der Waals surface area contributed by atoms with E-state index >= 15 is 0 Å². The predicted molar refractivity (Wildman–Crippen MR) is 68.9 cm³/mol. The molecule has 0 amide bonds. The first kappa shape index (κ1) is 11.7. The summed E-state index contributed by atoms with van der Waals surface area (Å²) in [5.74, 6) is 2.18. The maximum absolute atomic E-state index is 9.11.